The quantitative estimate of drug-likeness (QED) is 0.653. The van der Waals surface area contributed by atoms with E-state index >= 15 is 0 Å². The van der Waals surface area contributed by atoms with Crippen molar-refractivity contribution in [2.45, 2.75) is 26.8 Å². The minimum Gasteiger partial charge on any atom is -0.362 e. The molecule has 2 rings (SSSR count). The summed E-state index contributed by atoms with van der Waals surface area (Å²) in [5.74, 6) is 0. The number of thiocarbonyl (C=S) groups is 1. The lowest BCUT2D eigenvalue weighted by Gasteiger charge is -2.11. The van der Waals surface area contributed by atoms with Gasteiger partial charge in [0.15, 0.2) is 5.11 Å². The predicted molar refractivity (Wildman–Crippen MR) is 92.0 cm³/mol. The summed E-state index contributed by atoms with van der Waals surface area (Å²) in [4.78, 5) is 0. The Morgan fingerprint density at radius 1 is 1.29 bits per heavy atom. The normalized spacial score (nSPS) is 10.4. The Hall–Kier alpha value is -1.59. The van der Waals surface area contributed by atoms with Gasteiger partial charge < -0.3 is 10.6 Å². The molecule has 0 saturated carbocycles. The molecule has 0 radical (unpaired) electrons. The van der Waals surface area contributed by atoms with Gasteiger partial charge in [-0.3, -0.25) is 4.68 Å². The largest absolute Gasteiger partial charge is 0.362 e. The Morgan fingerprint density at radius 2 is 2.00 bits per heavy atom. The molecule has 0 aliphatic heterocycles. The lowest BCUT2D eigenvalue weighted by molar-refractivity contribution is 0.561. The summed E-state index contributed by atoms with van der Waals surface area (Å²) in [6.07, 6.45) is 2.60. The third-order valence-corrected chi connectivity index (χ3v) is 3.80. The molecular weight excluding hydrogens is 304 g/mol. The lowest BCUT2D eigenvalue weighted by atomic mass is 10.2. The van der Waals surface area contributed by atoms with Crippen LogP contribution in [0.25, 0.3) is 0 Å². The van der Waals surface area contributed by atoms with Gasteiger partial charge >= 0.3 is 0 Å². The van der Waals surface area contributed by atoms with E-state index in [4.69, 9.17) is 23.8 Å². The molecule has 0 amide bonds. The summed E-state index contributed by atoms with van der Waals surface area (Å²) in [5, 5.41) is 11.9. The molecule has 2 aromatic rings. The van der Waals surface area contributed by atoms with Crippen molar-refractivity contribution in [3.05, 3.63) is 46.7 Å². The van der Waals surface area contributed by atoms with Crippen LogP contribution in [0.2, 0.25) is 5.02 Å². The third kappa shape index (κ3) is 4.72. The van der Waals surface area contributed by atoms with E-state index in [2.05, 4.69) is 34.8 Å². The van der Waals surface area contributed by atoms with Crippen LogP contribution in [0, 0.1) is 13.8 Å². The van der Waals surface area contributed by atoms with Crippen molar-refractivity contribution in [2.75, 3.05) is 11.9 Å². The second-order valence-corrected chi connectivity index (χ2v) is 5.72. The predicted octanol–water partition coefficient (Wildman–Crippen LogP) is 3.53. The monoisotopic (exact) mass is 322 g/mol. The number of aromatic nitrogens is 2. The van der Waals surface area contributed by atoms with Crippen LogP contribution in [-0.4, -0.2) is 21.4 Å². The van der Waals surface area contributed by atoms with Gasteiger partial charge in [-0.2, -0.15) is 5.10 Å². The number of hydrogen-bond acceptors (Lipinski definition) is 2. The highest BCUT2D eigenvalue weighted by atomic mass is 35.5. The standard InChI is InChI=1S/C15H19ClN4S/c1-11-4-6-13(7-5-11)19-15(21)17-8-3-9-20-12(2)14(16)10-18-20/h4-7,10H,3,8-9H2,1-2H3,(H2,17,19,21). The molecule has 112 valence electrons. The average Bonchev–Trinajstić information content (AvgIpc) is 2.78. The van der Waals surface area contributed by atoms with Gasteiger partial charge in [-0.15, -0.1) is 0 Å². The number of rotatable bonds is 5. The topological polar surface area (TPSA) is 41.9 Å². The fourth-order valence-electron chi connectivity index (χ4n) is 1.89. The molecule has 1 aromatic carbocycles. The van der Waals surface area contributed by atoms with Crippen molar-refractivity contribution in [3.8, 4) is 0 Å². The van der Waals surface area contributed by atoms with Gasteiger partial charge in [0.2, 0.25) is 0 Å². The summed E-state index contributed by atoms with van der Waals surface area (Å²) < 4.78 is 1.90. The molecule has 0 unspecified atom stereocenters. The zero-order valence-corrected chi connectivity index (χ0v) is 13.8. The summed E-state index contributed by atoms with van der Waals surface area (Å²) in [7, 11) is 0. The number of halogens is 1. The first-order chi connectivity index (χ1) is 10.1. The van der Waals surface area contributed by atoms with Crippen LogP contribution in [0.3, 0.4) is 0 Å². The molecule has 0 spiro atoms. The van der Waals surface area contributed by atoms with Crippen LogP contribution in [0.5, 0.6) is 0 Å². The minimum atomic E-state index is 0.633. The molecular formula is C15H19ClN4S. The second kappa shape index (κ2) is 7.43. The van der Waals surface area contributed by atoms with Crippen molar-refractivity contribution in [3.63, 3.8) is 0 Å². The number of nitrogens with one attached hydrogen (secondary N) is 2. The van der Waals surface area contributed by atoms with Crippen LogP contribution in [-0.2, 0) is 6.54 Å². The Morgan fingerprint density at radius 3 is 2.62 bits per heavy atom. The Bertz CT molecular complexity index is 607. The number of hydrogen-bond donors (Lipinski definition) is 2. The minimum absolute atomic E-state index is 0.633. The molecule has 1 heterocycles. The van der Waals surface area contributed by atoms with Crippen molar-refractivity contribution >= 4 is 34.6 Å². The number of nitrogens with zero attached hydrogens (tertiary/aromatic N) is 2. The zero-order valence-electron chi connectivity index (χ0n) is 12.2. The molecule has 1 aromatic heterocycles. The van der Waals surface area contributed by atoms with Crippen molar-refractivity contribution in [2.24, 2.45) is 0 Å². The van der Waals surface area contributed by atoms with E-state index in [0.717, 1.165) is 30.9 Å². The summed E-state index contributed by atoms with van der Waals surface area (Å²) in [6, 6.07) is 8.13. The van der Waals surface area contributed by atoms with Crippen molar-refractivity contribution in [1.29, 1.82) is 0 Å². The molecule has 0 bridgehead atoms. The van der Waals surface area contributed by atoms with E-state index < -0.39 is 0 Å². The van der Waals surface area contributed by atoms with E-state index in [1.165, 1.54) is 5.56 Å². The molecule has 0 saturated heterocycles. The molecule has 0 aliphatic rings. The van der Waals surface area contributed by atoms with Crippen molar-refractivity contribution < 1.29 is 0 Å². The Balaban J connectivity index is 1.70. The van der Waals surface area contributed by atoms with Crippen LogP contribution in [0.4, 0.5) is 5.69 Å². The summed E-state index contributed by atoms with van der Waals surface area (Å²) >= 11 is 11.2. The van der Waals surface area contributed by atoms with Crippen LogP contribution >= 0.6 is 23.8 Å². The first kappa shape index (κ1) is 15.8. The smallest absolute Gasteiger partial charge is 0.170 e. The van der Waals surface area contributed by atoms with E-state index in [9.17, 15) is 0 Å². The fraction of sp³-hybridized carbons (Fsp3) is 0.333. The first-order valence-corrected chi connectivity index (χ1v) is 7.64. The van der Waals surface area contributed by atoms with Crippen LogP contribution < -0.4 is 10.6 Å². The summed E-state index contributed by atoms with van der Waals surface area (Å²) in [6.45, 7) is 5.63. The molecule has 0 fully saturated rings. The Kier molecular flexibility index (Phi) is 5.59. The maximum atomic E-state index is 5.96. The van der Waals surface area contributed by atoms with E-state index in [1.54, 1.807) is 6.20 Å². The van der Waals surface area contributed by atoms with Crippen LogP contribution in [0.1, 0.15) is 17.7 Å². The molecule has 21 heavy (non-hydrogen) atoms. The average molecular weight is 323 g/mol. The van der Waals surface area contributed by atoms with Gasteiger partial charge in [-0.1, -0.05) is 29.3 Å². The van der Waals surface area contributed by atoms with Gasteiger partial charge in [0.25, 0.3) is 0 Å². The first-order valence-electron chi connectivity index (χ1n) is 6.85. The van der Waals surface area contributed by atoms with Gasteiger partial charge in [0.05, 0.1) is 16.9 Å². The van der Waals surface area contributed by atoms with E-state index in [0.29, 0.717) is 10.1 Å². The van der Waals surface area contributed by atoms with Crippen LogP contribution in [0.15, 0.2) is 30.5 Å². The van der Waals surface area contributed by atoms with Gasteiger partial charge in [-0.05, 0) is 44.6 Å². The number of anilines is 1. The highest BCUT2D eigenvalue weighted by molar-refractivity contribution is 7.80. The molecule has 4 nitrogen and oxygen atoms in total. The SMILES string of the molecule is Cc1ccc(NC(=S)NCCCn2ncc(Cl)c2C)cc1. The van der Waals surface area contributed by atoms with E-state index in [-0.39, 0.29) is 0 Å². The highest BCUT2D eigenvalue weighted by Crippen LogP contribution is 2.13. The maximum absolute atomic E-state index is 5.96. The maximum Gasteiger partial charge on any atom is 0.170 e. The van der Waals surface area contributed by atoms with E-state index in [1.807, 2.05) is 23.7 Å². The highest BCUT2D eigenvalue weighted by Gasteiger charge is 2.03. The fourth-order valence-corrected chi connectivity index (χ4v) is 2.25. The molecule has 0 atom stereocenters. The van der Waals surface area contributed by atoms with Gasteiger partial charge in [0.1, 0.15) is 0 Å². The zero-order chi connectivity index (χ0) is 15.2. The number of aryl methyl sites for hydroxylation is 2. The van der Waals surface area contributed by atoms with Crippen molar-refractivity contribution in [1.82, 2.24) is 15.1 Å². The molecule has 6 heteroatoms. The Labute approximate surface area is 135 Å². The third-order valence-electron chi connectivity index (χ3n) is 3.18. The molecule has 0 aliphatic carbocycles. The van der Waals surface area contributed by atoms with Gasteiger partial charge in [0, 0.05) is 18.8 Å². The second-order valence-electron chi connectivity index (χ2n) is 4.90. The lowest BCUT2D eigenvalue weighted by Crippen LogP contribution is -2.29. The molecule has 2 N–H and O–H groups in total. The summed E-state index contributed by atoms with van der Waals surface area (Å²) in [5.41, 5.74) is 3.22. The van der Waals surface area contributed by atoms with Gasteiger partial charge in [-0.25, -0.2) is 0 Å². The number of benzene rings is 1.